The van der Waals surface area contributed by atoms with Gasteiger partial charge in [0, 0.05) is 24.3 Å². The molecule has 1 amide bonds. The largest absolute Gasteiger partial charge is 0.370 e. The number of aryl methyl sites for hydroxylation is 1. The third-order valence-electron chi connectivity index (χ3n) is 4.86. The number of piperidine rings is 1. The zero-order chi connectivity index (χ0) is 17.6. The van der Waals surface area contributed by atoms with Crippen LogP contribution in [0.2, 0.25) is 0 Å². The normalized spacial score (nSPS) is 22.4. The van der Waals surface area contributed by atoms with E-state index in [2.05, 4.69) is 20.3 Å². The van der Waals surface area contributed by atoms with Crippen molar-refractivity contribution in [3.63, 3.8) is 0 Å². The fraction of sp³-hybridized carbons (Fsp3) is 0.533. The third-order valence-corrected chi connectivity index (χ3v) is 4.86. The molecule has 0 bridgehead atoms. The van der Waals surface area contributed by atoms with Crippen molar-refractivity contribution in [3.8, 4) is 0 Å². The molecule has 0 aliphatic carbocycles. The fourth-order valence-electron chi connectivity index (χ4n) is 3.51. The van der Waals surface area contributed by atoms with Gasteiger partial charge in [-0.15, -0.1) is 5.10 Å². The molecule has 2 aromatic heterocycles. The van der Waals surface area contributed by atoms with Crippen molar-refractivity contribution in [3.05, 3.63) is 44.0 Å². The molecule has 2 aliphatic heterocycles. The van der Waals surface area contributed by atoms with Gasteiger partial charge in [0.25, 0.3) is 5.56 Å². The number of hydrogen-bond acceptors (Lipinski definition) is 6. The second kappa shape index (κ2) is 5.96. The predicted octanol–water partition coefficient (Wildman–Crippen LogP) is -1.12. The van der Waals surface area contributed by atoms with Crippen molar-refractivity contribution in [2.45, 2.75) is 38.5 Å². The van der Waals surface area contributed by atoms with Gasteiger partial charge in [-0.1, -0.05) is 5.21 Å². The van der Waals surface area contributed by atoms with Crippen LogP contribution >= 0.6 is 0 Å². The summed E-state index contributed by atoms with van der Waals surface area (Å²) in [4.78, 5) is 42.3. The third kappa shape index (κ3) is 2.78. The molecule has 10 heteroatoms. The predicted molar refractivity (Wildman–Crippen MR) is 85.0 cm³/mol. The highest BCUT2D eigenvalue weighted by Gasteiger charge is 2.37. The molecule has 0 radical (unpaired) electrons. The average Bonchev–Trinajstić information content (AvgIpc) is 3.06. The van der Waals surface area contributed by atoms with Gasteiger partial charge in [-0.05, 0) is 13.3 Å². The van der Waals surface area contributed by atoms with Gasteiger partial charge in [0.1, 0.15) is 0 Å². The van der Waals surface area contributed by atoms with E-state index in [1.807, 2.05) is 4.68 Å². The summed E-state index contributed by atoms with van der Waals surface area (Å²) in [5.74, 6) is -0.161. The smallest absolute Gasteiger partial charge is 0.325 e. The van der Waals surface area contributed by atoms with Gasteiger partial charge in [-0.2, -0.15) is 0 Å². The zero-order valence-corrected chi connectivity index (χ0v) is 13.7. The summed E-state index contributed by atoms with van der Waals surface area (Å²) in [5, 5.41) is 8.03. The first-order valence-electron chi connectivity index (χ1n) is 8.13. The van der Waals surface area contributed by atoms with E-state index in [0.717, 1.165) is 5.69 Å². The van der Waals surface area contributed by atoms with Crippen LogP contribution in [0.25, 0.3) is 0 Å². The van der Waals surface area contributed by atoms with Crippen molar-refractivity contribution in [2.24, 2.45) is 0 Å². The number of carbonyl (C=O) groups excluding carboxylic acids is 1. The number of amides is 1. The number of H-pyrrole nitrogens is 2. The number of fused-ring (bicyclic) bond motifs is 3. The number of aromatic amines is 2. The first-order chi connectivity index (χ1) is 12.0. The SMILES string of the molecule is Cc1[nH]c(=O)[nH]c(=O)c1CC(=O)N1CC[C@H]2OCc3cnnn3[C@@H]2C1. The van der Waals surface area contributed by atoms with Crippen LogP contribution in [0, 0.1) is 6.92 Å². The standard InChI is InChI=1S/C15H18N6O4/c1-8-10(14(23)18-15(24)17-8)4-13(22)20-3-2-12-11(6-20)21-9(7-25-12)5-16-19-21/h5,11-12H,2-4,6-7H2,1H3,(H2,17,18,23,24)/t11-,12-/m1/s1. The number of likely N-dealkylation sites (tertiary alicyclic amines) is 1. The van der Waals surface area contributed by atoms with Gasteiger partial charge in [0.15, 0.2) is 0 Å². The first kappa shape index (κ1) is 15.8. The highest BCUT2D eigenvalue weighted by Crippen LogP contribution is 2.30. The van der Waals surface area contributed by atoms with Crippen molar-refractivity contribution < 1.29 is 9.53 Å². The van der Waals surface area contributed by atoms with Crippen molar-refractivity contribution in [2.75, 3.05) is 13.1 Å². The molecule has 1 saturated heterocycles. The van der Waals surface area contributed by atoms with Crippen LogP contribution in [0.5, 0.6) is 0 Å². The molecule has 0 unspecified atom stereocenters. The Labute approximate surface area is 141 Å². The van der Waals surface area contributed by atoms with Gasteiger partial charge in [0.05, 0.1) is 37.1 Å². The molecule has 2 aromatic rings. The number of hydrogen-bond donors (Lipinski definition) is 2. The maximum atomic E-state index is 12.7. The molecular weight excluding hydrogens is 328 g/mol. The van der Waals surface area contributed by atoms with Gasteiger partial charge in [-0.25, -0.2) is 9.48 Å². The van der Waals surface area contributed by atoms with Crippen molar-refractivity contribution in [1.82, 2.24) is 29.9 Å². The molecule has 4 heterocycles. The van der Waals surface area contributed by atoms with E-state index < -0.39 is 11.2 Å². The van der Waals surface area contributed by atoms with Crippen LogP contribution < -0.4 is 11.2 Å². The number of aromatic nitrogens is 5. The number of nitrogens with zero attached hydrogens (tertiary/aromatic N) is 4. The minimum absolute atomic E-state index is 0.0106. The van der Waals surface area contributed by atoms with E-state index in [1.54, 1.807) is 18.0 Å². The lowest BCUT2D eigenvalue weighted by atomic mass is 9.99. The molecule has 4 rings (SSSR count). The lowest BCUT2D eigenvalue weighted by Gasteiger charge is -2.41. The van der Waals surface area contributed by atoms with Crippen LogP contribution in [0.4, 0.5) is 0 Å². The van der Waals surface area contributed by atoms with E-state index in [1.165, 1.54) is 0 Å². The van der Waals surface area contributed by atoms with Gasteiger partial charge in [-0.3, -0.25) is 14.6 Å². The Morgan fingerprint density at radius 1 is 1.40 bits per heavy atom. The molecule has 0 saturated carbocycles. The summed E-state index contributed by atoms with van der Waals surface area (Å²) in [5.41, 5.74) is 0.495. The fourth-order valence-corrected chi connectivity index (χ4v) is 3.51. The highest BCUT2D eigenvalue weighted by molar-refractivity contribution is 5.79. The molecule has 2 atom stereocenters. The van der Waals surface area contributed by atoms with E-state index in [4.69, 9.17) is 4.74 Å². The molecule has 10 nitrogen and oxygen atoms in total. The monoisotopic (exact) mass is 346 g/mol. The molecule has 132 valence electrons. The Balaban J connectivity index is 1.53. The minimum atomic E-state index is -0.572. The quantitative estimate of drug-likeness (QED) is 0.709. The Bertz CT molecular complexity index is 929. The first-order valence-corrected chi connectivity index (χ1v) is 8.13. The van der Waals surface area contributed by atoms with Gasteiger partial charge >= 0.3 is 5.69 Å². The number of rotatable bonds is 2. The number of ether oxygens (including phenoxy) is 1. The second-order valence-electron chi connectivity index (χ2n) is 6.40. The van der Waals surface area contributed by atoms with Gasteiger partial charge < -0.3 is 14.6 Å². The Hall–Kier alpha value is -2.75. The molecule has 25 heavy (non-hydrogen) atoms. The minimum Gasteiger partial charge on any atom is -0.370 e. The van der Waals surface area contributed by atoms with E-state index in [9.17, 15) is 14.4 Å². The lowest BCUT2D eigenvalue weighted by molar-refractivity contribution is -0.137. The maximum absolute atomic E-state index is 12.7. The zero-order valence-electron chi connectivity index (χ0n) is 13.7. The lowest BCUT2D eigenvalue weighted by Crippen LogP contribution is -2.50. The Morgan fingerprint density at radius 2 is 2.24 bits per heavy atom. The van der Waals surface area contributed by atoms with Crippen LogP contribution in [-0.4, -0.2) is 55.0 Å². The molecule has 2 aliphatic rings. The summed E-state index contributed by atoms with van der Waals surface area (Å²) >= 11 is 0. The molecule has 0 spiro atoms. The molecule has 2 N–H and O–H groups in total. The van der Waals surface area contributed by atoms with Gasteiger partial charge in [0.2, 0.25) is 5.91 Å². The molecule has 0 aromatic carbocycles. The molecule has 1 fully saturated rings. The summed E-state index contributed by atoms with van der Waals surface area (Å²) < 4.78 is 7.66. The number of carbonyl (C=O) groups is 1. The average molecular weight is 346 g/mol. The summed E-state index contributed by atoms with van der Waals surface area (Å²) in [6.45, 7) is 3.11. The van der Waals surface area contributed by atoms with E-state index in [-0.39, 0.29) is 30.0 Å². The van der Waals surface area contributed by atoms with Crippen molar-refractivity contribution in [1.29, 1.82) is 0 Å². The van der Waals surface area contributed by atoms with Crippen LogP contribution in [-0.2, 0) is 22.6 Å². The topological polar surface area (TPSA) is 126 Å². The Morgan fingerprint density at radius 3 is 3.04 bits per heavy atom. The highest BCUT2D eigenvalue weighted by atomic mass is 16.5. The summed E-state index contributed by atoms with van der Waals surface area (Å²) in [6, 6.07) is -0.0705. The Kier molecular flexibility index (Phi) is 3.75. The second-order valence-corrected chi connectivity index (χ2v) is 6.40. The summed E-state index contributed by atoms with van der Waals surface area (Å²) in [7, 11) is 0. The van der Waals surface area contributed by atoms with Crippen LogP contribution in [0.15, 0.2) is 15.8 Å². The van der Waals surface area contributed by atoms with E-state index in [0.29, 0.717) is 31.8 Å². The summed E-state index contributed by atoms with van der Waals surface area (Å²) in [6.07, 6.45) is 2.33. The van der Waals surface area contributed by atoms with E-state index >= 15 is 0 Å². The van der Waals surface area contributed by atoms with Crippen LogP contribution in [0.1, 0.15) is 29.4 Å². The van der Waals surface area contributed by atoms with Crippen molar-refractivity contribution >= 4 is 5.91 Å². The number of nitrogens with one attached hydrogen (secondary N) is 2. The maximum Gasteiger partial charge on any atom is 0.325 e. The van der Waals surface area contributed by atoms with Crippen LogP contribution in [0.3, 0.4) is 0 Å². The molecular formula is C15H18N6O4.